The van der Waals surface area contributed by atoms with Crippen LogP contribution in [0.25, 0.3) is 0 Å². The molecule has 0 amide bonds. The molecule has 0 fully saturated rings. The third kappa shape index (κ3) is 1.99. The van der Waals surface area contributed by atoms with Gasteiger partial charge in [-0.05, 0) is 12.5 Å². The zero-order valence-electron chi connectivity index (χ0n) is 7.95. The number of methoxy groups -OCH3 is 1. The first-order valence-electron chi connectivity index (χ1n) is 4.20. The third-order valence-electron chi connectivity index (χ3n) is 2.04. The first-order chi connectivity index (χ1) is 6.20. The van der Waals surface area contributed by atoms with Crippen LogP contribution in [0.5, 0.6) is 5.75 Å². The van der Waals surface area contributed by atoms with Gasteiger partial charge in [0.2, 0.25) is 0 Å². The molecule has 0 aliphatic carbocycles. The molecule has 13 heavy (non-hydrogen) atoms. The van der Waals surface area contributed by atoms with E-state index in [-0.39, 0.29) is 12.6 Å². The van der Waals surface area contributed by atoms with Gasteiger partial charge in [0.25, 0.3) is 0 Å². The van der Waals surface area contributed by atoms with Gasteiger partial charge in [0.1, 0.15) is 5.75 Å². The lowest BCUT2D eigenvalue weighted by Gasteiger charge is -2.15. The summed E-state index contributed by atoms with van der Waals surface area (Å²) in [6, 6.07) is 5.36. The summed E-state index contributed by atoms with van der Waals surface area (Å²) in [4.78, 5) is 0. The average molecular weight is 181 g/mol. The largest absolute Gasteiger partial charge is 0.496 e. The predicted octanol–water partition coefficient (Wildman–Crippen LogP) is 0.996. The third-order valence-corrected chi connectivity index (χ3v) is 2.04. The van der Waals surface area contributed by atoms with E-state index in [1.54, 1.807) is 7.11 Å². The lowest BCUT2D eigenvalue weighted by molar-refractivity contribution is 0.264. The van der Waals surface area contributed by atoms with Crippen molar-refractivity contribution in [2.45, 2.75) is 13.0 Å². The number of hydrogen-bond donors (Lipinski definition) is 2. The zero-order valence-corrected chi connectivity index (χ0v) is 7.95. The van der Waals surface area contributed by atoms with Crippen molar-refractivity contribution >= 4 is 0 Å². The summed E-state index contributed by atoms with van der Waals surface area (Å²) in [5, 5.41) is 8.92. The van der Waals surface area contributed by atoms with E-state index in [4.69, 9.17) is 15.6 Å². The predicted molar refractivity (Wildman–Crippen MR) is 51.7 cm³/mol. The second kappa shape index (κ2) is 4.25. The molecule has 1 aromatic carbocycles. The monoisotopic (exact) mass is 181 g/mol. The molecule has 0 aliphatic heterocycles. The summed E-state index contributed by atoms with van der Waals surface area (Å²) in [7, 11) is 1.61. The lowest BCUT2D eigenvalue weighted by atomic mass is 10.0. The normalized spacial score (nSPS) is 12.6. The van der Waals surface area contributed by atoms with E-state index >= 15 is 0 Å². The molecule has 3 nitrogen and oxygen atoms in total. The van der Waals surface area contributed by atoms with Crippen LogP contribution in [0, 0.1) is 6.92 Å². The van der Waals surface area contributed by atoms with Gasteiger partial charge in [-0.3, -0.25) is 0 Å². The lowest BCUT2D eigenvalue weighted by Crippen LogP contribution is -2.15. The van der Waals surface area contributed by atoms with Crippen LogP contribution in [0.15, 0.2) is 18.2 Å². The summed E-state index contributed by atoms with van der Waals surface area (Å²) in [5.74, 6) is 0.768. The standard InChI is InChI=1S/C10H15NO2/c1-7-4-3-5-8(9(11)6-12)10(7)13-2/h3-5,9,12H,6,11H2,1-2H3. The van der Waals surface area contributed by atoms with Crippen LogP contribution in [0.4, 0.5) is 0 Å². The van der Waals surface area contributed by atoms with Gasteiger partial charge in [0, 0.05) is 5.56 Å². The summed E-state index contributed by atoms with van der Waals surface area (Å²) >= 11 is 0. The Morgan fingerprint density at radius 1 is 1.54 bits per heavy atom. The van der Waals surface area contributed by atoms with Crippen molar-refractivity contribution in [3.8, 4) is 5.75 Å². The topological polar surface area (TPSA) is 55.5 Å². The Morgan fingerprint density at radius 3 is 2.77 bits per heavy atom. The van der Waals surface area contributed by atoms with Crippen LogP contribution in [0.1, 0.15) is 17.2 Å². The maximum absolute atomic E-state index is 8.92. The number of aliphatic hydroxyl groups excluding tert-OH is 1. The Hall–Kier alpha value is -1.06. The van der Waals surface area contributed by atoms with Gasteiger partial charge < -0.3 is 15.6 Å². The molecule has 3 N–H and O–H groups in total. The van der Waals surface area contributed by atoms with Crippen molar-refractivity contribution in [2.24, 2.45) is 5.73 Å². The second-order valence-electron chi connectivity index (χ2n) is 2.99. The van der Waals surface area contributed by atoms with E-state index in [9.17, 15) is 0 Å². The molecular formula is C10H15NO2. The van der Waals surface area contributed by atoms with Crippen molar-refractivity contribution in [1.82, 2.24) is 0 Å². The van der Waals surface area contributed by atoms with Gasteiger partial charge in [-0.15, -0.1) is 0 Å². The quantitative estimate of drug-likeness (QED) is 0.731. The summed E-state index contributed by atoms with van der Waals surface area (Å²) < 4.78 is 5.21. The van der Waals surface area contributed by atoms with Gasteiger partial charge in [-0.25, -0.2) is 0 Å². The fraction of sp³-hybridized carbons (Fsp3) is 0.400. The number of nitrogens with two attached hydrogens (primary N) is 1. The number of aliphatic hydroxyl groups is 1. The summed E-state index contributed by atoms with van der Waals surface area (Å²) in [6.07, 6.45) is 0. The fourth-order valence-corrected chi connectivity index (χ4v) is 1.34. The molecule has 1 rings (SSSR count). The Morgan fingerprint density at radius 2 is 2.23 bits per heavy atom. The van der Waals surface area contributed by atoms with E-state index in [1.807, 2.05) is 25.1 Å². The Balaban J connectivity index is 3.12. The van der Waals surface area contributed by atoms with Crippen LogP contribution >= 0.6 is 0 Å². The van der Waals surface area contributed by atoms with Crippen molar-refractivity contribution in [1.29, 1.82) is 0 Å². The second-order valence-corrected chi connectivity index (χ2v) is 2.99. The van der Waals surface area contributed by atoms with Gasteiger partial charge in [-0.2, -0.15) is 0 Å². The van der Waals surface area contributed by atoms with Gasteiger partial charge >= 0.3 is 0 Å². The number of para-hydroxylation sites is 1. The Bertz CT molecular complexity index is 286. The number of aryl methyl sites for hydroxylation is 1. The van der Waals surface area contributed by atoms with E-state index in [2.05, 4.69) is 0 Å². The molecule has 0 spiro atoms. The van der Waals surface area contributed by atoms with Crippen LogP contribution in [0.3, 0.4) is 0 Å². The zero-order chi connectivity index (χ0) is 9.84. The maximum Gasteiger partial charge on any atom is 0.126 e. The first kappa shape index (κ1) is 10.0. The highest BCUT2D eigenvalue weighted by Gasteiger charge is 2.11. The Kier molecular flexibility index (Phi) is 3.28. The molecule has 0 aliphatic rings. The minimum atomic E-state index is -0.366. The fourth-order valence-electron chi connectivity index (χ4n) is 1.34. The molecular weight excluding hydrogens is 166 g/mol. The smallest absolute Gasteiger partial charge is 0.126 e. The van der Waals surface area contributed by atoms with E-state index in [0.29, 0.717) is 0 Å². The molecule has 1 aromatic rings. The first-order valence-corrected chi connectivity index (χ1v) is 4.20. The van der Waals surface area contributed by atoms with Crippen molar-refractivity contribution in [2.75, 3.05) is 13.7 Å². The highest BCUT2D eigenvalue weighted by molar-refractivity contribution is 5.42. The number of benzene rings is 1. The number of hydrogen-bond acceptors (Lipinski definition) is 3. The van der Waals surface area contributed by atoms with Gasteiger partial charge in [0.05, 0.1) is 19.8 Å². The SMILES string of the molecule is COc1c(C)cccc1C(N)CO. The van der Waals surface area contributed by atoms with Gasteiger partial charge in [-0.1, -0.05) is 18.2 Å². The van der Waals surface area contributed by atoms with E-state index in [1.165, 1.54) is 0 Å². The van der Waals surface area contributed by atoms with Crippen LogP contribution in [0.2, 0.25) is 0 Å². The Labute approximate surface area is 78.1 Å². The maximum atomic E-state index is 8.92. The van der Waals surface area contributed by atoms with Crippen LogP contribution < -0.4 is 10.5 Å². The molecule has 0 bridgehead atoms. The van der Waals surface area contributed by atoms with Gasteiger partial charge in [0.15, 0.2) is 0 Å². The summed E-state index contributed by atoms with van der Waals surface area (Å²) in [6.45, 7) is 1.88. The molecule has 0 heterocycles. The highest BCUT2D eigenvalue weighted by Crippen LogP contribution is 2.26. The van der Waals surface area contributed by atoms with Crippen molar-refractivity contribution in [3.63, 3.8) is 0 Å². The molecule has 0 aromatic heterocycles. The van der Waals surface area contributed by atoms with E-state index < -0.39 is 0 Å². The highest BCUT2D eigenvalue weighted by atomic mass is 16.5. The molecule has 1 atom stereocenters. The summed E-state index contributed by atoms with van der Waals surface area (Å²) in [5.41, 5.74) is 7.59. The molecule has 0 saturated heterocycles. The minimum absolute atomic E-state index is 0.0696. The number of rotatable bonds is 3. The van der Waals surface area contributed by atoms with Crippen molar-refractivity contribution < 1.29 is 9.84 Å². The molecule has 0 saturated carbocycles. The molecule has 3 heteroatoms. The van der Waals surface area contributed by atoms with Crippen LogP contribution in [-0.4, -0.2) is 18.8 Å². The van der Waals surface area contributed by atoms with Crippen molar-refractivity contribution in [3.05, 3.63) is 29.3 Å². The van der Waals surface area contributed by atoms with E-state index in [0.717, 1.165) is 16.9 Å². The average Bonchev–Trinajstić information content (AvgIpc) is 2.16. The number of ether oxygens (including phenoxy) is 1. The molecule has 0 radical (unpaired) electrons. The molecule has 72 valence electrons. The minimum Gasteiger partial charge on any atom is -0.496 e. The molecule has 1 unspecified atom stereocenters. The van der Waals surface area contributed by atoms with Crippen LogP contribution in [-0.2, 0) is 0 Å².